The summed E-state index contributed by atoms with van der Waals surface area (Å²) in [7, 11) is 0. The zero-order chi connectivity index (χ0) is 19.4. The van der Waals surface area contributed by atoms with Crippen molar-refractivity contribution in [2.75, 3.05) is 31.6 Å². The molecule has 1 saturated heterocycles. The van der Waals surface area contributed by atoms with Crippen LogP contribution in [0.3, 0.4) is 0 Å². The van der Waals surface area contributed by atoms with Gasteiger partial charge in [-0.25, -0.2) is 4.79 Å². The van der Waals surface area contributed by atoms with Gasteiger partial charge in [0.25, 0.3) is 5.91 Å². The zero-order valence-corrected chi connectivity index (χ0v) is 15.0. The lowest BCUT2D eigenvalue weighted by atomic mass is 10.2. The molecule has 3 rings (SSSR count). The molecule has 2 aliphatic heterocycles. The van der Waals surface area contributed by atoms with Crippen molar-refractivity contribution in [1.29, 1.82) is 0 Å². The van der Waals surface area contributed by atoms with E-state index in [-0.39, 0.29) is 17.0 Å². The van der Waals surface area contributed by atoms with Gasteiger partial charge in [-0.05, 0) is 30.7 Å². The van der Waals surface area contributed by atoms with Crippen LogP contribution in [0, 0.1) is 0 Å². The summed E-state index contributed by atoms with van der Waals surface area (Å²) >= 11 is 1.27. The molecule has 146 valence electrons. The maximum Gasteiger partial charge on any atom is 0.416 e. The Kier molecular flexibility index (Phi) is 5.95. The Hall–Kier alpha value is -2.20. The van der Waals surface area contributed by atoms with Gasteiger partial charge in [-0.2, -0.15) is 13.2 Å². The van der Waals surface area contributed by atoms with Gasteiger partial charge in [0, 0.05) is 18.8 Å². The summed E-state index contributed by atoms with van der Waals surface area (Å²) in [5.74, 6) is -0.0734. The standard InChI is InChI=1S/C17H18F3N3O3S/c18-17(19,20)11-1-3-12(4-2-11)21-16(25)22-14-6-5-13(27-14)15(24)23-7-9-26-10-8-23/h1-5,14H,6-10H2,(H2,21,22,25). The summed E-state index contributed by atoms with van der Waals surface area (Å²) in [4.78, 5) is 26.7. The number of anilines is 1. The van der Waals surface area contributed by atoms with E-state index in [2.05, 4.69) is 10.6 Å². The minimum atomic E-state index is -4.42. The van der Waals surface area contributed by atoms with E-state index in [1.54, 1.807) is 11.0 Å². The van der Waals surface area contributed by atoms with Crippen LogP contribution in [0.15, 0.2) is 35.2 Å². The average molecular weight is 401 g/mol. The highest BCUT2D eigenvalue weighted by molar-refractivity contribution is 8.04. The lowest BCUT2D eigenvalue weighted by Crippen LogP contribution is -2.41. The molecule has 0 saturated carbocycles. The first-order chi connectivity index (χ1) is 12.8. The molecular formula is C17H18F3N3O3S. The van der Waals surface area contributed by atoms with E-state index in [1.807, 2.05) is 0 Å². The molecule has 1 unspecified atom stereocenters. The predicted molar refractivity (Wildman–Crippen MR) is 95.1 cm³/mol. The fourth-order valence-electron chi connectivity index (χ4n) is 2.67. The smallest absolute Gasteiger partial charge is 0.378 e. The molecule has 0 spiro atoms. The summed E-state index contributed by atoms with van der Waals surface area (Å²) < 4.78 is 42.8. The normalized spacial score (nSPS) is 20.2. The summed E-state index contributed by atoms with van der Waals surface area (Å²) in [6.07, 6.45) is -2.14. The van der Waals surface area contributed by atoms with Gasteiger partial charge in [-0.1, -0.05) is 17.8 Å². The Bertz CT molecular complexity index is 731. The van der Waals surface area contributed by atoms with Crippen LogP contribution < -0.4 is 10.6 Å². The van der Waals surface area contributed by atoms with Crippen molar-refractivity contribution in [3.8, 4) is 0 Å². The maximum absolute atomic E-state index is 12.5. The van der Waals surface area contributed by atoms with E-state index in [0.717, 1.165) is 12.1 Å². The number of carbonyl (C=O) groups excluding carboxylic acids is 2. The number of ether oxygens (including phenoxy) is 1. The summed E-state index contributed by atoms with van der Waals surface area (Å²) in [5, 5.41) is 4.89. The van der Waals surface area contributed by atoms with Crippen LogP contribution in [0.4, 0.5) is 23.7 Å². The average Bonchev–Trinajstić information content (AvgIpc) is 3.09. The Morgan fingerprint density at radius 3 is 2.44 bits per heavy atom. The summed E-state index contributed by atoms with van der Waals surface area (Å²) in [5.41, 5.74) is -0.531. The van der Waals surface area contributed by atoms with Crippen molar-refractivity contribution >= 4 is 29.4 Å². The molecule has 2 N–H and O–H groups in total. The lowest BCUT2D eigenvalue weighted by molar-refractivity contribution is -0.137. The van der Waals surface area contributed by atoms with E-state index in [9.17, 15) is 22.8 Å². The first-order valence-electron chi connectivity index (χ1n) is 8.31. The number of benzene rings is 1. The number of carbonyl (C=O) groups is 2. The van der Waals surface area contributed by atoms with Crippen LogP contribution in [0.5, 0.6) is 0 Å². The van der Waals surface area contributed by atoms with Crippen molar-refractivity contribution in [3.05, 3.63) is 40.8 Å². The van der Waals surface area contributed by atoms with Crippen LogP contribution in [-0.2, 0) is 15.7 Å². The zero-order valence-electron chi connectivity index (χ0n) is 14.2. The monoisotopic (exact) mass is 401 g/mol. The molecule has 0 bridgehead atoms. The molecule has 0 aliphatic carbocycles. The SMILES string of the molecule is O=C(Nc1ccc(C(F)(F)F)cc1)NC1CC=C(C(=O)N2CCOCC2)S1. The van der Waals surface area contributed by atoms with Gasteiger partial charge in [-0.3, -0.25) is 4.79 Å². The van der Waals surface area contributed by atoms with Crippen LogP contribution in [-0.4, -0.2) is 48.5 Å². The summed E-state index contributed by atoms with van der Waals surface area (Å²) in [6.45, 7) is 2.12. The Morgan fingerprint density at radius 1 is 1.15 bits per heavy atom. The van der Waals surface area contributed by atoms with Crippen LogP contribution >= 0.6 is 11.8 Å². The quantitative estimate of drug-likeness (QED) is 0.817. The van der Waals surface area contributed by atoms with E-state index in [1.165, 1.54) is 23.9 Å². The van der Waals surface area contributed by atoms with Gasteiger partial charge in [0.1, 0.15) is 0 Å². The number of morpholine rings is 1. The fourth-order valence-corrected chi connectivity index (χ4v) is 3.76. The molecule has 1 atom stereocenters. The highest BCUT2D eigenvalue weighted by Gasteiger charge is 2.30. The molecule has 0 radical (unpaired) electrons. The van der Waals surface area contributed by atoms with Gasteiger partial charge in [-0.15, -0.1) is 0 Å². The Balaban J connectivity index is 1.47. The number of amides is 3. The highest BCUT2D eigenvalue weighted by Crippen LogP contribution is 2.32. The van der Waals surface area contributed by atoms with Crippen molar-refractivity contribution in [1.82, 2.24) is 10.2 Å². The van der Waals surface area contributed by atoms with Gasteiger partial charge in [0.05, 0.1) is 29.1 Å². The van der Waals surface area contributed by atoms with E-state index in [4.69, 9.17) is 4.74 Å². The van der Waals surface area contributed by atoms with E-state index in [0.29, 0.717) is 37.6 Å². The third kappa shape index (κ3) is 5.16. The van der Waals surface area contributed by atoms with Crippen LogP contribution in [0.2, 0.25) is 0 Å². The van der Waals surface area contributed by atoms with E-state index >= 15 is 0 Å². The number of nitrogens with one attached hydrogen (secondary N) is 2. The van der Waals surface area contributed by atoms with Gasteiger partial charge in [0.15, 0.2) is 0 Å². The molecular weight excluding hydrogens is 383 g/mol. The molecule has 6 nitrogen and oxygen atoms in total. The number of halogens is 3. The fraction of sp³-hybridized carbons (Fsp3) is 0.412. The molecule has 10 heteroatoms. The lowest BCUT2D eigenvalue weighted by Gasteiger charge is -2.27. The number of nitrogens with zero attached hydrogens (tertiary/aromatic N) is 1. The Labute approximate surface area is 158 Å². The van der Waals surface area contributed by atoms with Crippen molar-refractivity contribution in [2.45, 2.75) is 18.0 Å². The molecule has 1 aromatic rings. The topological polar surface area (TPSA) is 70.7 Å². The maximum atomic E-state index is 12.5. The second-order valence-corrected chi connectivity index (χ2v) is 7.23. The number of urea groups is 1. The molecule has 0 aromatic heterocycles. The van der Waals surface area contributed by atoms with Gasteiger partial charge >= 0.3 is 12.2 Å². The number of thioether (sulfide) groups is 1. The predicted octanol–water partition coefficient (Wildman–Crippen LogP) is 3.03. The van der Waals surface area contributed by atoms with Gasteiger partial charge in [0.2, 0.25) is 0 Å². The van der Waals surface area contributed by atoms with Crippen molar-refractivity contribution < 1.29 is 27.5 Å². The third-order valence-electron chi connectivity index (χ3n) is 4.06. The molecule has 27 heavy (non-hydrogen) atoms. The van der Waals surface area contributed by atoms with Crippen LogP contribution in [0.25, 0.3) is 0 Å². The molecule has 3 amide bonds. The highest BCUT2D eigenvalue weighted by atomic mass is 32.2. The van der Waals surface area contributed by atoms with Gasteiger partial charge < -0.3 is 20.3 Å². The third-order valence-corrected chi connectivity index (χ3v) is 5.25. The number of alkyl halides is 3. The summed E-state index contributed by atoms with van der Waals surface area (Å²) in [6, 6.07) is 3.65. The second-order valence-electron chi connectivity index (χ2n) is 5.99. The van der Waals surface area contributed by atoms with Crippen molar-refractivity contribution in [3.63, 3.8) is 0 Å². The second kappa shape index (κ2) is 8.22. The number of hydrogen-bond donors (Lipinski definition) is 2. The largest absolute Gasteiger partial charge is 0.416 e. The van der Waals surface area contributed by atoms with Crippen molar-refractivity contribution in [2.24, 2.45) is 0 Å². The first-order valence-corrected chi connectivity index (χ1v) is 9.19. The first kappa shape index (κ1) is 19.6. The molecule has 2 heterocycles. The Morgan fingerprint density at radius 2 is 1.81 bits per heavy atom. The minimum Gasteiger partial charge on any atom is -0.378 e. The minimum absolute atomic E-state index is 0.0734. The van der Waals surface area contributed by atoms with E-state index < -0.39 is 17.8 Å². The van der Waals surface area contributed by atoms with Crippen LogP contribution in [0.1, 0.15) is 12.0 Å². The number of rotatable bonds is 3. The molecule has 1 fully saturated rings. The molecule has 1 aromatic carbocycles. The number of hydrogen-bond acceptors (Lipinski definition) is 4. The molecule has 2 aliphatic rings.